The zero-order chi connectivity index (χ0) is 18.7. The van der Waals surface area contributed by atoms with Gasteiger partial charge in [-0.05, 0) is 55.7 Å². The number of pyridine rings is 1. The molecule has 2 aromatic heterocycles. The van der Waals surface area contributed by atoms with E-state index in [1.807, 2.05) is 68.3 Å². The predicted octanol–water partition coefficient (Wildman–Crippen LogP) is 3.85. The molecule has 3 aromatic rings. The van der Waals surface area contributed by atoms with Gasteiger partial charge in [-0.2, -0.15) is 5.10 Å². The number of carbonyl (C=O) groups excluding carboxylic acids is 1. The van der Waals surface area contributed by atoms with Gasteiger partial charge < -0.3 is 4.90 Å². The van der Waals surface area contributed by atoms with Crippen LogP contribution in [-0.2, 0) is 13.1 Å². The molecule has 0 atom stereocenters. The Labute approximate surface area is 154 Å². The summed E-state index contributed by atoms with van der Waals surface area (Å²) < 4.78 is 1.90. The Morgan fingerprint density at radius 3 is 2.50 bits per heavy atom. The van der Waals surface area contributed by atoms with Crippen LogP contribution in [0.15, 0.2) is 48.9 Å². The lowest BCUT2D eigenvalue weighted by Gasteiger charge is -2.17. The summed E-state index contributed by atoms with van der Waals surface area (Å²) in [5.41, 5.74) is 6.07. The third-order valence-corrected chi connectivity index (χ3v) is 4.59. The highest BCUT2D eigenvalue weighted by Crippen LogP contribution is 2.23. The van der Waals surface area contributed by atoms with Crippen molar-refractivity contribution in [3.63, 3.8) is 0 Å². The summed E-state index contributed by atoms with van der Waals surface area (Å²) in [6.07, 6.45) is 5.64. The monoisotopic (exact) mass is 348 g/mol. The third-order valence-electron chi connectivity index (χ3n) is 4.59. The maximum absolute atomic E-state index is 12.7. The third kappa shape index (κ3) is 3.67. The molecule has 0 aliphatic carbocycles. The van der Waals surface area contributed by atoms with Crippen LogP contribution in [0.4, 0.5) is 0 Å². The minimum atomic E-state index is 0.00616. The van der Waals surface area contributed by atoms with Crippen molar-refractivity contribution in [1.29, 1.82) is 0 Å². The molecule has 0 spiro atoms. The maximum atomic E-state index is 12.7. The van der Waals surface area contributed by atoms with Crippen molar-refractivity contribution in [2.45, 2.75) is 33.9 Å². The Morgan fingerprint density at radius 1 is 1.15 bits per heavy atom. The molecule has 0 saturated carbocycles. The summed E-state index contributed by atoms with van der Waals surface area (Å²) >= 11 is 0. The van der Waals surface area contributed by atoms with Gasteiger partial charge in [0.15, 0.2) is 0 Å². The lowest BCUT2D eigenvalue weighted by Crippen LogP contribution is -2.26. The van der Waals surface area contributed by atoms with Crippen molar-refractivity contribution in [3.05, 3.63) is 71.3 Å². The SMILES string of the molecule is CCn1cc(CN(C)C(=O)c2ccc(-c3ccncc3C)cc2)c(C)n1. The molecule has 5 heteroatoms. The number of hydrogen-bond donors (Lipinski definition) is 0. The fraction of sp³-hybridized carbons (Fsp3) is 0.286. The Hall–Kier alpha value is -2.95. The van der Waals surface area contributed by atoms with Crippen LogP contribution in [0, 0.1) is 13.8 Å². The van der Waals surface area contributed by atoms with Crippen LogP contribution in [0.2, 0.25) is 0 Å². The summed E-state index contributed by atoms with van der Waals surface area (Å²) in [4.78, 5) is 18.6. The van der Waals surface area contributed by atoms with Crippen molar-refractivity contribution in [3.8, 4) is 11.1 Å². The second-order valence-electron chi connectivity index (χ2n) is 6.52. The summed E-state index contributed by atoms with van der Waals surface area (Å²) in [6.45, 7) is 7.45. The first-order valence-electron chi connectivity index (χ1n) is 8.79. The largest absolute Gasteiger partial charge is 0.337 e. The van der Waals surface area contributed by atoms with E-state index in [1.165, 1.54) is 0 Å². The van der Waals surface area contributed by atoms with Gasteiger partial charge in [0.05, 0.1) is 5.69 Å². The first-order valence-corrected chi connectivity index (χ1v) is 8.79. The zero-order valence-corrected chi connectivity index (χ0v) is 15.7. The normalized spacial score (nSPS) is 10.8. The topological polar surface area (TPSA) is 51.0 Å². The van der Waals surface area contributed by atoms with Crippen LogP contribution in [0.25, 0.3) is 11.1 Å². The average Bonchev–Trinajstić information content (AvgIpc) is 3.01. The lowest BCUT2D eigenvalue weighted by atomic mass is 10.0. The average molecular weight is 348 g/mol. The van der Waals surface area contributed by atoms with Crippen LogP contribution in [0.3, 0.4) is 0 Å². The minimum absolute atomic E-state index is 0.00616. The molecule has 0 N–H and O–H groups in total. The molecule has 1 amide bonds. The number of carbonyl (C=O) groups is 1. The first kappa shape index (κ1) is 17.9. The van der Waals surface area contributed by atoms with Gasteiger partial charge in [-0.25, -0.2) is 0 Å². The number of hydrogen-bond acceptors (Lipinski definition) is 3. The van der Waals surface area contributed by atoms with E-state index in [0.29, 0.717) is 12.1 Å². The van der Waals surface area contributed by atoms with Crippen LogP contribution in [0.1, 0.15) is 34.1 Å². The van der Waals surface area contributed by atoms with Gasteiger partial charge in [0.2, 0.25) is 0 Å². The molecule has 1 aromatic carbocycles. The standard InChI is InChI=1S/C21H24N4O/c1-5-25-14-19(16(3)23-25)13-24(4)21(26)18-8-6-17(7-9-18)20-10-11-22-12-15(20)2/h6-12,14H,5,13H2,1-4H3. The van der Waals surface area contributed by atoms with E-state index < -0.39 is 0 Å². The van der Waals surface area contributed by atoms with Crippen molar-refractivity contribution < 1.29 is 4.79 Å². The molecule has 134 valence electrons. The fourth-order valence-electron chi connectivity index (χ4n) is 3.01. The highest BCUT2D eigenvalue weighted by molar-refractivity contribution is 5.94. The molecule has 2 heterocycles. The summed E-state index contributed by atoms with van der Waals surface area (Å²) in [5.74, 6) is 0.00616. The summed E-state index contributed by atoms with van der Waals surface area (Å²) in [5, 5.41) is 4.44. The molecular formula is C21H24N4O. The molecule has 26 heavy (non-hydrogen) atoms. The quantitative estimate of drug-likeness (QED) is 0.704. The summed E-state index contributed by atoms with van der Waals surface area (Å²) in [6, 6.07) is 9.74. The Bertz CT molecular complexity index is 912. The second-order valence-corrected chi connectivity index (χ2v) is 6.52. The highest BCUT2D eigenvalue weighted by Gasteiger charge is 2.15. The van der Waals surface area contributed by atoms with Gasteiger partial charge >= 0.3 is 0 Å². The van der Waals surface area contributed by atoms with Crippen molar-refractivity contribution in [2.75, 3.05) is 7.05 Å². The second kappa shape index (κ2) is 7.52. The van der Waals surface area contributed by atoms with Crippen LogP contribution < -0.4 is 0 Å². The van der Waals surface area contributed by atoms with E-state index >= 15 is 0 Å². The number of amides is 1. The molecule has 5 nitrogen and oxygen atoms in total. The van der Waals surface area contributed by atoms with Crippen LogP contribution in [0.5, 0.6) is 0 Å². The van der Waals surface area contributed by atoms with E-state index in [9.17, 15) is 4.79 Å². The molecule has 0 aliphatic heterocycles. The maximum Gasteiger partial charge on any atom is 0.253 e. The Kier molecular flexibility index (Phi) is 5.16. The predicted molar refractivity (Wildman–Crippen MR) is 103 cm³/mol. The molecule has 0 fully saturated rings. The Morgan fingerprint density at radius 2 is 1.88 bits per heavy atom. The number of aromatic nitrogens is 3. The molecule has 0 aliphatic rings. The van der Waals surface area contributed by atoms with E-state index in [2.05, 4.69) is 17.0 Å². The van der Waals surface area contributed by atoms with Gasteiger partial charge in [0.25, 0.3) is 5.91 Å². The van der Waals surface area contributed by atoms with Gasteiger partial charge in [0, 0.05) is 49.9 Å². The molecule has 0 unspecified atom stereocenters. The fourth-order valence-corrected chi connectivity index (χ4v) is 3.01. The molecule has 0 radical (unpaired) electrons. The molecule has 0 bridgehead atoms. The first-order chi connectivity index (χ1) is 12.5. The Balaban J connectivity index is 1.75. The number of benzene rings is 1. The van der Waals surface area contributed by atoms with Crippen molar-refractivity contribution in [1.82, 2.24) is 19.7 Å². The number of rotatable bonds is 5. The van der Waals surface area contributed by atoms with Crippen LogP contribution >= 0.6 is 0 Å². The van der Waals surface area contributed by atoms with E-state index in [0.717, 1.165) is 34.5 Å². The number of nitrogens with zero attached hydrogens (tertiary/aromatic N) is 4. The van der Waals surface area contributed by atoms with Gasteiger partial charge in [-0.15, -0.1) is 0 Å². The summed E-state index contributed by atoms with van der Waals surface area (Å²) in [7, 11) is 1.83. The highest BCUT2D eigenvalue weighted by atomic mass is 16.2. The van der Waals surface area contributed by atoms with Gasteiger partial charge in [-0.1, -0.05) is 12.1 Å². The van der Waals surface area contributed by atoms with Gasteiger partial charge in [-0.3, -0.25) is 14.5 Å². The molecular weight excluding hydrogens is 324 g/mol. The van der Waals surface area contributed by atoms with Gasteiger partial charge in [0.1, 0.15) is 0 Å². The minimum Gasteiger partial charge on any atom is -0.337 e. The van der Waals surface area contributed by atoms with E-state index in [1.54, 1.807) is 11.1 Å². The van der Waals surface area contributed by atoms with Crippen molar-refractivity contribution in [2.24, 2.45) is 0 Å². The molecule has 3 rings (SSSR count). The smallest absolute Gasteiger partial charge is 0.253 e. The molecule has 0 saturated heterocycles. The van der Waals surface area contributed by atoms with Crippen molar-refractivity contribution >= 4 is 5.91 Å². The van der Waals surface area contributed by atoms with Crippen LogP contribution in [-0.4, -0.2) is 32.6 Å². The zero-order valence-electron chi connectivity index (χ0n) is 15.7. The van der Waals surface area contributed by atoms with E-state index in [4.69, 9.17) is 0 Å². The van der Waals surface area contributed by atoms with E-state index in [-0.39, 0.29) is 5.91 Å². The lowest BCUT2D eigenvalue weighted by molar-refractivity contribution is 0.0785. The number of aryl methyl sites for hydroxylation is 3.